The summed E-state index contributed by atoms with van der Waals surface area (Å²) < 4.78 is 96.9. The van der Waals surface area contributed by atoms with Crippen LogP contribution in [0.4, 0.5) is 31.1 Å². The molecule has 1 saturated heterocycles. The number of hydrogen-bond acceptors (Lipinski definition) is 8. The number of thioether (sulfide) groups is 1. The average Bonchev–Trinajstić information content (AvgIpc) is 3.26. The van der Waals surface area contributed by atoms with Crippen LogP contribution in [0.3, 0.4) is 0 Å². The van der Waals surface area contributed by atoms with E-state index in [2.05, 4.69) is 9.97 Å². The predicted molar refractivity (Wildman–Crippen MR) is 152 cm³/mol. The zero-order valence-corrected chi connectivity index (χ0v) is 25.6. The number of carbonyl (C=O) groups excluding carboxylic acids is 2. The molecule has 8 nitrogen and oxygen atoms in total. The van der Waals surface area contributed by atoms with E-state index in [-0.39, 0.29) is 19.0 Å². The Morgan fingerprint density at radius 1 is 1.02 bits per heavy atom. The fourth-order valence-corrected chi connectivity index (χ4v) is 5.51. The third-order valence-corrected chi connectivity index (χ3v) is 7.90. The van der Waals surface area contributed by atoms with Crippen molar-refractivity contribution < 1.29 is 50.1 Å². The molecule has 0 unspecified atom stereocenters. The Hall–Kier alpha value is -4.01. The number of benzene rings is 2. The van der Waals surface area contributed by atoms with E-state index in [1.54, 1.807) is 31.4 Å². The highest BCUT2D eigenvalue weighted by Crippen LogP contribution is 2.42. The van der Waals surface area contributed by atoms with Gasteiger partial charge in [0.15, 0.2) is 5.16 Å². The Labute approximate surface area is 259 Å². The lowest BCUT2D eigenvalue weighted by molar-refractivity contribution is -0.143. The standard InChI is InChI=1S/C30H29F6N3O5S/c1-15-25(21-10-17(6-8-23(21)42-3)7-9-24(40)43-4)22(38-27(37-15)45-5)14-39-16(2)26(44-28(39)41)18-11-19(29(31,32)33)13-20(12-18)30(34,35)36/h6,8,10-13,16,26H,7,9,14H2,1-5H3/t16-,26-/m0/s1. The van der Waals surface area contributed by atoms with Crippen LogP contribution >= 0.6 is 11.8 Å². The highest BCUT2D eigenvalue weighted by Gasteiger charge is 2.43. The molecule has 2 heterocycles. The maximum atomic E-state index is 13.5. The molecule has 2 atom stereocenters. The van der Waals surface area contributed by atoms with Crippen LogP contribution in [0.5, 0.6) is 5.75 Å². The number of halogens is 6. The molecule has 0 N–H and O–H groups in total. The summed E-state index contributed by atoms with van der Waals surface area (Å²) >= 11 is 1.24. The van der Waals surface area contributed by atoms with Gasteiger partial charge in [-0.15, -0.1) is 0 Å². The van der Waals surface area contributed by atoms with Gasteiger partial charge in [0.05, 0.1) is 49.3 Å². The number of amides is 1. The molecule has 1 aliphatic rings. The molecular weight excluding hydrogens is 628 g/mol. The van der Waals surface area contributed by atoms with Crippen LogP contribution in [-0.4, -0.2) is 53.4 Å². The summed E-state index contributed by atoms with van der Waals surface area (Å²) in [6.45, 7) is 3.00. The van der Waals surface area contributed by atoms with Gasteiger partial charge in [-0.1, -0.05) is 17.8 Å². The Morgan fingerprint density at radius 3 is 2.22 bits per heavy atom. The lowest BCUT2D eigenvalue weighted by Gasteiger charge is -2.24. The first-order valence-electron chi connectivity index (χ1n) is 13.5. The van der Waals surface area contributed by atoms with E-state index in [9.17, 15) is 35.9 Å². The number of rotatable bonds is 9. The molecule has 15 heteroatoms. The van der Waals surface area contributed by atoms with Gasteiger partial charge in [-0.25, -0.2) is 14.8 Å². The minimum Gasteiger partial charge on any atom is -0.496 e. The van der Waals surface area contributed by atoms with E-state index >= 15 is 0 Å². The number of esters is 1. The molecule has 1 fully saturated rings. The maximum Gasteiger partial charge on any atom is 0.416 e. The summed E-state index contributed by atoms with van der Waals surface area (Å²) in [5, 5.41) is 0.372. The van der Waals surface area contributed by atoms with Crippen LogP contribution in [0.1, 0.15) is 53.1 Å². The topological polar surface area (TPSA) is 90.9 Å². The van der Waals surface area contributed by atoms with Gasteiger partial charge in [0.1, 0.15) is 11.9 Å². The Kier molecular flexibility index (Phi) is 9.90. The van der Waals surface area contributed by atoms with Crippen LogP contribution in [0.25, 0.3) is 11.1 Å². The minimum absolute atomic E-state index is 0.0231. The van der Waals surface area contributed by atoms with E-state index in [0.29, 0.717) is 52.0 Å². The normalized spacial score (nSPS) is 17.0. The van der Waals surface area contributed by atoms with Gasteiger partial charge in [0, 0.05) is 17.5 Å². The third-order valence-electron chi connectivity index (χ3n) is 7.36. The highest BCUT2D eigenvalue weighted by atomic mass is 32.2. The minimum atomic E-state index is -5.06. The summed E-state index contributed by atoms with van der Waals surface area (Å²) in [5.74, 6) is 0.0522. The van der Waals surface area contributed by atoms with Crippen molar-refractivity contribution in [1.29, 1.82) is 0 Å². The van der Waals surface area contributed by atoms with Gasteiger partial charge in [0.25, 0.3) is 0 Å². The van der Waals surface area contributed by atoms with Crippen molar-refractivity contribution in [3.8, 4) is 16.9 Å². The lowest BCUT2D eigenvalue weighted by Crippen LogP contribution is -2.32. The molecular formula is C30H29F6N3O5S. The average molecular weight is 658 g/mol. The second-order valence-electron chi connectivity index (χ2n) is 10.2. The molecule has 242 valence electrons. The van der Waals surface area contributed by atoms with E-state index in [4.69, 9.17) is 14.2 Å². The van der Waals surface area contributed by atoms with Crippen molar-refractivity contribution in [3.05, 3.63) is 70.0 Å². The van der Waals surface area contributed by atoms with Crippen molar-refractivity contribution in [2.75, 3.05) is 20.5 Å². The number of aryl methyl sites for hydroxylation is 2. The molecule has 45 heavy (non-hydrogen) atoms. The molecule has 3 aromatic rings. The maximum absolute atomic E-state index is 13.5. The van der Waals surface area contributed by atoms with Gasteiger partial charge in [-0.05, 0) is 68.0 Å². The first kappa shape index (κ1) is 33.9. The van der Waals surface area contributed by atoms with Gasteiger partial charge in [-0.3, -0.25) is 9.69 Å². The second kappa shape index (κ2) is 13.2. The quantitative estimate of drug-likeness (QED) is 0.102. The number of cyclic esters (lactones) is 1. The lowest BCUT2D eigenvalue weighted by atomic mass is 9.96. The summed E-state index contributed by atoms with van der Waals surface area (Å²) in [7, 11) is 2.76. The SMILES string of the molecule is COC(=O)CCc1ccc(OC)c(-c2c(C)nc(SC)nc2CN2C(=O)O[C@H](c3cc(C(F)(F)F)cc(C(F)(F)F)c3)[C@@H]2C)c1. The number of ether oxygens (including phenoxy) is 3. The van der Waals surface area contributed by atoms with Crippen LogP contribution < -0.4 is 4.74 Å². The molecule has 1 aliphatic heterocycles. The first-order chi connectivity index (χ1) is 21.1. The number of carbonyl (C=O) groups is 2. The van der Waals surface area contributed by atoms with Crippen LogP contribution in [0, 0.1) is 6.92 Å². The molecule has 1 aromatic heterocycles. The predicted octanol–water partition coefficient (Wildman–Crippen LogP) is 7.41. The largest absolute Gasteiger partial charge is 0.496 e. The number of nitrogens with zero attached hydrogens (tertiary/aromatic N) is 3. The Morgan fingerprint density at radius 2 is 1.67 bits per heavy atom. The summed E-state index contributed by atoms with van der Waals surface area (Å²) in [4.78, 5) is 35.2. The van der Waals surface area contributed by atoms with Crippen molar-refractivity contribution in [3.63, 3.8) is 0 Å². The third kappa shape index (κ3) is 7.45. The number of hydrogen-bond donors (Lipinski definition) is 0. The first-order valence-corrected chi connectivity index (χ1v) is 14.7. The van der Waals surface area contributed by atoms with Gasteiger partial charge >= 0.3 is 24.4 Å². The van der Waals surface area contributed by atoms with Gasteiger partial charge in [-0.2, -0.15) is 26.3 Å². The zero-order chi connectivity index (χ0) is 33.3. The van der Waals surface area contributed by atoms with Crippen LogP contribution in [0.2, 0.25) is 0 Å². The number of methoxy groups -OCH3 is 2. The monoisotopic (exact) mass is 657 g/mol. The van der Waals surface area contributed by atoms with Crippen molar-refractivity contribution in [2.45, 2.75) is 62.9 Å². The van der Waals surface area contributed by atoms with Crippen LogP contribution in [-0.2, 0) is 39.6 Å². The fourth-order valence-electron chi connectivity index (χ4n) is 5.08. The second-order valence-corrected chi connectivity index (χ2v) is 11.0. The van der Waals surface area contributed by atoms with Crippen molar-refractivity contribution >= 4 is 23.8 Å². The summed E-state index contributed by atoms with van der Waals surface area (Å²) in [6, 6.07) is 5.46. The fraction of sp³-hybridized carbons (Fsp3) is 0.400. The number of aromatic nitrogens is 2. The Bertz CT molecular complexity index is 1570. The highest BCUT2D eigenvalue weighted by molar-refractivity contribution is 7.98. The molecule has 0 spiro atoms. The Balaban J connectivity index is 1.76. The van der Waals surface area contributed by atoms with E-state index < -0.39 is 53.3 Å². The van der Waals surface area contributed by atoms with Gasteiger partial charge < -0.3 is 14.2 Å². The summed E-state index contributed by atoms with van der Waals surface area (Å²) in [6.07, 6.45) is -10.3. The van der Waals surface area contributed by atoms with Crippen LogP contribution in [0.15, 0.2) is 41.6 Å². The van der Waals surface area contributed by atoms with Crippen molar-refractivity contribution in [2.24, 2.45) is 0 Å². The smallest absolute Gasteiger partial charge is 0.416 e. The molecule has 0 radical (unpaired) electrons. The number of alkyl halides is 6. The molecule has 1 amide bonds. The molecule has 4 rings (SSSR count). The van der Waals surface area contributed by atoms with Crippen molar-refractivity contribution in [1.82, 2.24) is 14.9 Å². The van der Waals surface area contributed by atoms with Gasteiger partial charge in [0.2, 0.25) is 0 Å². The summed E-state index contributed by atoms with van der Waals surface area (Å²) in [5.41, 5.74) is -0.746. The van der Waals surface area contributed by atoms with E-state index in [1.165, 1.54) is 37.8 Å². The molecule has 0 aliphatic carbocycles. The van der Waals surface area contributed by atoms with E-state index in [1.807, 2.05) is 0 Å². The molecule has 2 aromatic carbocycles. The molecule has 0 saturated carbocycles. The zero-order valence-electron chi connectivity index (χ0n) is 24.8. The van der Waals surface area contributed by atoms with E-state index in [0.717, 1.165) is 5.56 Å². The molecule has 0 bridgehead atoms.